The van der Waals surface area contributed by atoms with Gasteiger partial charge >= 0.3 is 0 Å². The van der Waals surface area contributed by atoms with Crippen LogP contribution in [0.1, 0.15) is 19.3 Å². The Labute approximate surface area is 60.2 Å². The molecule has 2 rings (SSSR count). The van der Waals surface area contributed by atoms with Crippen molar-refractivity contribution in [3.63, 3.8) is 0 Å². The number of fused-ring (bicyclic) bond motifs is 1. The molecule has 2 aliphatic rings. The lowest BCUT2D eigenvalue weighted by Crippen LogP contribution is -1.83. The summed E-state index contributed by atoms with van der Waals surface area (Å²) < 4.78 is 21.8. The lowest BCUT2D eigenvalue weighted by atomic mass is 10.2. The fourth-order valence-electron chi connectivity index (χ4n) is 1.49. The van der Waals surface area contributed by atoms with Crippen LogP contribution in [0.2, 0.25) is 0 Å². The van der Waals surface area contributed by atoms with Gasteiger partial charge in [-0.3, -0.25) is 0 Å². The molecule has 0 aromatic heterocycles. The third kappa shape index (κ3) is 0.814. The average Bonchev–Trinajstić information content (AvgIpc) is 2.20. The summed E-state index contributed by atoms with van der Waals surface area (Å²) in [7, 11) is -2.93. The zero-order valence-corrected chi connectivity index (χ0v) is 6.32. The van der Waals surface area contributed by atoms with Crippen molar-refractivity contribution >= 4 is 9.84 Å². The molecular formula is C7H8O2S. The standard InChI is InChI=1S/C7H8O2S/c8-10(9)4-6-2-1-3-7(6)5-10/h4-5H,1-3H2. The van der Waals surface area contributed by atoms with E-state index in [1.165, 1.54) is 10.8 Å². The Bertz CT molecular complexity index is 294. The molecule has 3 heteroatoms. The maximum Gasteiger partial charge on any atom is 0.193 e. The van der Waals surface area contributed by atoms with Gasteiger partial charge in [0, 0.05) is 10.8 Å². The van der Waals surface area contributed by atoms with Crippen molar-refractivity contribution < 1.29 is 8.42 Å². The normalized spacial score (nSPS) is 27.6. The molecule has 0 amide bonds. The van der Waals surface area contributed by atoms with Gasteiger partial charge in [-0.15, -0.1) is 0 Å². The maximum absolute atomic E-state index is 10.9. The number of sulfone groups is 1. The van der Waals surface area contributed by atoms with Gasteiger partial charge in [-0.2, -0.15) is 0 Å². The smallest absolute Gasteiger partial charge is 0.193 e. The zero-order chi connectivity index (χ0) is 7.19. The van der Waals surface area contributed by atoms with E-state index in [1.54, 1.807) is 0 Å². The largest absolute Gasteiger partial charge is 0.220 e. The van der Waals surface area contributed by atoms with Crippen LogP contribution in [0.15, 0.2) is 22.0 Å². The van der Waals surface area contributed by atoms with Gasteiger partial charge in [0.25, 0.3) is 0 Å². The second kappa shape index (κ2) is 1.72. The Kier molecular flexibility index (Phi) is 1.06. The van der Waals surface area contributed by atoms with Crippen LogP contribution < -0.4 is 0 Å². The minimum absolute atomic E-state index is 0.949. The van der Waals surface area contributed by atoms with E-state index in [1.807, 2.05) is 0 Å². The number of rotatable bonds is 0. The molecule has 0 bridgehead atoms. The summed E-state index contributed by atoms with van der Waals surface area (Å²) in [6.45, 7) is 0. The highest BCUT2D eigenvalue weighted by molar-refractivity contribution is 7.97. The van der Waals surface area contributed by atoms with E-state index in [4.69, 9.17) is 0 Å². The predicted octanol–water partition coefficient (Wildman–Crippen LogP) is 1.37. The summed E-state index contributed by atoms with van der Waals surface area (Å²) in [6, 6.07) is 0. The maximum atomic E-state index is 10.9. The molecule has 0 radical (unpaired) electrons. The molecule has 0 atom stereocenters. The quantitative estimate of drug-likeness (QED) is 0.530. The number of hydrogen-bond acceptors (Lipinski definition) is 2. The molecule has 0 spiro atoms. The fourth-order valence-corrected chi connectivity index (χ4v) is 2.89. The highest BCUT2D eigenvalue weighted by Crippen LogP contribution is 2.35. The van der Waals surface area contributed by atoms with Crippen LogP contribution >= 0.6 is 0 Å². The van der Waals surface area contributed by atoms with Crippen molar-refractivity contribution in [2.75, 3.05) is 0 Å². The van der Waals surface area contributed by atoms with Crippen LogP contribution in [0.25, 0.3) is 0 Å². The highest BCUT2D eigenvalue weighted by atomic mass is 32.2. The van der Waals surface area contributed by atoms with Gasteiger partial charge in [0.15, 0.2) is 9.84 Å². The Balaban J connectivity index is 2.57. The first-order valence-electron chi connectivity index (χ1n) is 3.34. The van der Waals surface area contributed by atoms with Gasteiger partial charge in [0.05, 0.1) is 0 Å². The average molecular weight is 156 g/mol. The lowest BCUT2D eigenvalue weighted by molar-refractivity contribution is 0.612. The summed E-state index contributed by atoms with van der Waals surface area (Å²) in [4.78, 5) is 0. The molecule has 1 fully saturated rings. The third-order valence-corrected chi connectivity index (χ3v) is 3.14. The van der Waals surface area contributed by atoms with Gasteiger partial charge in [0.2, 0.25) is 0 Å². The molecule has 0 aromatic carbocycles. The van der Waals surface area contributed by atoms with Crippen molar-refractivity contribution in [3.05, 3.63) is 22.0 Å². The zero-order valence-electron chi connectivity index (χ0n) is 5.50. The minimum atomic E-state index is -2.93. The second-order valence-corrected chi connectivity index (χ2v) is 4.38. The van der Waals surface area contributed by atoms with Crippen LogP contribution in [0.3, 0.4) is 0 Å². The van der Waals surface area contributed by atoms with Crippen LogP contribution in [0.5, 0.6) is 0 Å². The van der Waals surface area contributed by atoms with Gasteiger partial charge in [-0.1, -0.05) is 0 Å². The summed E-state index contributed by atoms with van der Waals surface area (Å²) in [5.41, 5.74) is 2.08. The molecule has 0 aromatic rings. The Morgan fingerprint density at radius 3 is 2.10 bits per heavy atom. The topological polar surface area (TPSA) is 34.1 Å². The predicted molar refractivity (Wildman–Crippen MR) is 38.9 cm³/mol. The van der Waals surface area contributed by atoms with Crippen LogP contribution in [-0.4, -0.2) is 8.42 Å². The van der Waals surface area contributed by atoms with Crippen molar-refractivity contribution in [2.24, 2.45) is 0 Å². The molecular weight excluding hydrogens is 148 g/mol. The Morgan fingerprint density at radius 1 is 1.10 bits per heavy atom. The number of hydrogen-bond donors (Lipinski definition) is 0. The van der Waals surface area contributed by atoms with Crippen molar-refractivity contribution in [2.45, 2.75) is 19.3 Å². The summed E-state index contributed by atoms with van der Waals surface area (Å²) in [5, 5.41) is 2.80. The molecule has 0 saturated heterocycles. The molecule has 54 valence electrons. The second-order valence-electron chi connectivity index (χ2n) is 2.73. The SMILES string of the molecule is O=S1(=O)C=C2CCCC2=C1. The molecule has 0 N–H and O–H groups in total. The summed E-state index contributed by atoms with van der Waals surface area (Å²) in [6.07, 6.45) is 3.02. The molecule has 10 heavy (non-hydrogen) atoms. The molecule has 0 unspecified atom stereocenters. The van der Waals surface area contributed by atoms with Gasteiger partial charge < -0.3 is 0 Å². The summed E-state index contributed by atoms with van der Waals surface area (Å²) in [5.74, 6) is 0. The van der Waals surface area contributed by atoms with E-state index < -0.39 is 9.84 Å². The first-order valence-corrected chi connectivity index (χ1v) is 4.95. The van der Waals surface area contributed by atoms with E-state index in [9.17, 15) is 8.42 Å². The molecule has 1 saturated carbocycles. The van der Waals surface area contributed by atoms with Crippen LogP contribution in [-0.2, 0) is 9.84 Å². The first-order chi connectivity index (χ1) is 4.67. The monoisotopic (exact) mass is 156 g/mol. The van der Waals surface area contributed by atoms with Crippen molar-refractivity contribution in [1.29, 1.82) is 0 Å². The molecule has 1 aliphatic carbocycles. The third-order valence-electron chi connectivity index (χ3n) is 1.92. The Morgan fingerprint density at radius 2 is 1.60 bits per heavy atom. The summed E-state index contributed by atoms with van der Waals surface area (Å²) >= 11 is 0. The van der Waals surface area contributed by atoms with Gasteiger partial charge in [-0.05, 0) is 30.4 Å². The fraction of sp³-hybridized carbons (Fsp3) is 0.429. The highest BCUT2D eigenvalue weighted by Gasteiger charge is 2.23. The molecule has 2 nitrogen and oxygen atoms in total. The first kappa shape index (κ1) is 6.16. The van der Waals surface area contributed by atoms with Crippen LogP contribution in [0.4, 0.5) is 0 Å². The van der Waals surface area contributed by atoms with Crippen molar-refractivity contribution in [1.82, 2.24) is 0 Å². The van der Waals surface area contributed by atoms with E-state index in [0.29, 0.717) is 0 Å². The van der Waals surface area contributed by atoms with Gasteiger partial charge in [-0.25, -0.2) is 8.42 Å². The molecule has 1 aliphatic heterocycles. The number of allylic oxidation sites excluding steroid dienone is 2. The lowest BCUT2D eigenvalue weighted by Gasteiger charge is -1.85. The molecule has 1 heterocycles. The van der Waals surface area contributed by atoms with E-state index in [2.05, 4.69) is 0 Å². The van der Waals surface area contributed by atoms with E-state index in [-0.39, 0.29) is 0 Å². The minimum Gasteiger partial charge on any atom is -0.220 e. The Hall–Kier alpha value is -0.570. The van der Waals surface area contributed by atoms with Gasteiger partial charge in [0.1, 0.15) is 0 Å². The van der Waals surface area contributed by atoms with Crippen molar-refractivity contribution in [3.8, 4) is 0 Å². The van der Waals surface area contributed by atoms with E-state index in [0.717, 1.165) is 30.4 Å². The van der Waals surface area contributed by atoms with E-state index >= 15 is 0 Å². The van der Waals surface area contributed by atoms with Crippen LogP contribution in [0, 0.1) is 0 Å².